The maximum absolute atomic E-state index is 12.9. The van der Waals surface area contributed by atoms with E-state index in [0.717, 1.165) is 18.4 Å². The van der Waals surface area contributed by atoms with Crippen LogP contribution in [0.3, 0.4) is 0 Å². The molecule has 1 aliphatic carbocycles. The molecule has 0 saturated heterocycles. The maximum atomic E-state index is 12.9. The van der Waals surface area contributed by atoms with E-state index >= 15 is 0 Å². The lowest BCUT2D eigenvalue weighted by atomic mass is 9.95. The van der Waals surface area contributed by atoms with Crippen LogP contribution in [0.1, 0.15) is 32.3 Å². The van der Waals surface area contributed by atoms with Crippen LogP contribution >= 0.6 is 0 Å². The molecule has 2 amide bonds. The number of carbonyl (C=O) groups is 2. The van der Waals surface area contributed by atoms with Crippen LogP contribution in [0, 0.1) is 11.7 Å². The molecule has 1 saturated carbocycles. The largest absolute Gasteiger partial charge is 0.354 e. The van der Waals surface area contributed by atoms with Gasteiger partial charge in [0.2, 0.25) is 11.8 Å². The number of halogens is 1. The Morgan fingerprint density at radius 3 is 2.24 bits per heavy atom. The molecule has 5 heteroatoms. The minimum absolute atomic E-state index is 0.0241. The molecule has 1 fully saturated rings. The summed E-state index contributed by atoms with van der Waals surface area (Å²) in [6, 6.07) is 6.10. The average molecular weight is 292 g/mol. The number of nitrogens with one attached hydrogen (secondary N) is 2. The Kier molecular flexibility index (Phi) is 4.60. The van der Waals surface area contributed by atoms with E-state index in [0.29, 0.717) is 13.1 Å². The van der Waals surface area contributed by atoms with Gasteiger partial charge in [0.25, 0.3) is 0 Å². The molecule has 0 atom stereocenters. The lowest BCUT2D eigenvalue weighted by molar-refractivity contribution is -0.125. The van der Waals surface area contributed by atoms with Crippen molar-refractivity contribution in [2.45, 2.75) is 32.1 Å². The molecule has 2 N–H and O–H groups in total. The van der Waals surface area contributed by atoms with Crippen molar-refractivity contribution in [2.24, 2.45) is 5.92 Å². The molecule has 0 bridgehead atoms. The summed E-state index contributed by atoms with van der Waals surface area (Å²) in [6.45, 7) is 4.46. The van der Waals surface area contributed by atoms with E-state index in [2.05, 4.69) is 10.6 Å². The Labute approximate surface area is 124 Å². The highest BCUT2D eigenvalue weighted by atomic mass is 19.1. The van der Waals surface area contributed by atoms with E-state index in [1.165, 1.54) is 12.1 Å². The smallest absolute Gasteiger partial charge is 0.230 e. The summed E-state index contributed by atoms with van der Waals surface area (Å²) in [4.78, 5) is 23.7. The van der Waals surface area contributed by atoms with Crippen molar-refractivity contribution >= 4 is 11.8 Å². The molecule has 1 aromatic rings. The van der Waals surface area contributed by atoms with Crippen LogP contribution < -0.4 is 10.6 Å². The first-order valence-corrected chi connectivity index (χ1v) is 7.28. The number of hydrogen-bond acceptors (Lipinski definition) is 2. The monoisotopic (exact) mass is 292 g/mol. The minimum atomic E-state index is -0.504. The molecule has 1 aliphatic rings. The molecular formula is C16H21FN2O2. The van der Waals surface area contributed by atoms with Crippen LogP contribution in [0.5, 0.6) is 0 Å². The van der Waals surface area contributed by atoms with Crippen molar-refractivity contribution in [1.82, 2.24) is 10.6 Å². The maximum Gasteiger partial charge on any atom is 0.230 e. The molecule has 0 spiro atoms. The summed E-state index contributed by atoms with van der Waals surface area (Å²) in [5.74, 6) is -0.433. The van der Waals surface area contributed by atoms with Crippen molar-refractivity contribution in [3.8, 4) is 0 Å². The zero-order valence-electron chi connectivity index (χ0n) is 12.4. The standard InChI is InChI=1S/C16H21FN2O2/c1-11(2)14(20)18-9-10-19-15(21)16(7-8-16)12-3-5-13(17)6-4-12/h3-6,11H,7-10H2,1-2H3,(H,18,20)(H,19,21). The second kappa shape index (κ2) is 6.24. The molecule has 1 aromatic carbocycles. The molecule has 0 radical (unpaired) electrons. The van der Waals surface area contributed by atoms with Crippen LogP contribution in [0.4, 0.5) is 4.39 Å². The van der Waals surface area contributed by atoms with Gasteiger partial charge in [-0.1, -0.05) is 26.0 Å². The molecule has 2 rings (SSSR count). The SMILES string of the molecule is CC(C)C(=O)NCCNC(=O)C1(c2ccc(F)cc2)CC1. The van der Waals surface area contributed by atoms with Gasteiger partial charge in [0, 0.05) is 19.0 Å². The molecule has 21 heavy (non-hydrogen) atoms. The number of benzene rings is 1. The summed E-state index contributed by atoms with van der Waals surface area (Å²) in [5, 5.41) is 5.60. The Morgan fingerprint density at radius 2 is 1.71 bits per heavy atom. The number of rotatable bonds is 6. The van der Waals surface area contributed by atoms with Crippen LogP contribution in [-0.4, -0.2) is 24.9 Å². The van der Waals surface area contributed by atoms with E-state index in [9.17, 15) is 14.0 Å². The summed E-state index contributed by atoms with van der Waals surface area (Å²) < 4.78 is 12.9. The second-order valence-electron chi connectivity index (χ2n) is 5.79. The quantitative estimate of drug-likeness (QED) is 0.785. The molecule has 114 valence electrons. The molecule has 4 nitrogen and oxygen atoms in total. The molecular weight excluding hydrogens is 271 g/mol. The first-order valence-electron chi connectivity index (χ1n) is 7.28. The van der Waals surface area contributed by atoms with Gasteiger partial charge in [-0.15, -0.1) is 0 Å². The average Bonchev–Trinajstić information content (AvgIpc) is 3.25. The van der Waals surface area contributed by atoms with E-state index in [1.54, 1.807) is 12.1 Å². The van der Waals surface area contributed by atoms with Gasteiger partial charge in [-0.05, 0) is 30.5 Å². The highest BCUT2D eigenvalue weighted by molar-refractivity contribution is 5.91. The van der Waals surface area contributed by atoms with Crippen molar-refractivity contribution in [1.29, 1.82) is 0 Å². The van der Waals surface area contributed by atoms with Crippen LogP contribution in [-0.2, 0) is 15.0 Å². The molecule has 0 aromatic heterocycles. The van der Waals surface area contributed by atoms with Crippen molar-refractivity contribution in [3.63, 3.8) is 0 Å². The lowest BCUT2D eigenvalue weighted by Gasteiger charge is -2.16. The van der Waals surface area contributed by atoms with Gasteiger partial charge in [0.05, 0.1) is 5.41 Å². The fraction of sp³-hybridized carbons (Fsp3) is 0.500. The number of carbonyl (C=O) groups excluding carboxylic acids is 2. The van der Waals surface area contributed by atoms with Crippen molar-refractivity contribution in [2.75, 3.05) is 13.1 Å². The first-order chi connectivity index (χ1) is 9.95. The first kappa shape index (κ1) is 15.5. The third kappa shape index (κ3) is 3.60. The van der Waals surface area contributed by atoms with Gasteiger partial charge in [-0.2, -0.15) is 0 Å². The Bertz CT molecular complexity index is 522. The van der Waals surface area contributed by atoms with E-state index < -0.39 is 5.41 Å². The zero-order chi connectivity index (χ0) is 15.5. The highest BCUT2D eigenvalue weighted by Crippen LogP contribution is 2.48. The summed E-state index contributed by atoms with van der Waals surface area (Å²) >= 11 is 0. The van der Waals surface area contributed by atoms with Gasteiger partial charge in [0.1, 0.15) is 5.82 Å². The Hall–Kier alpha value is -1.91. The lowest BCUT2D eigenvalue weighted by Crippen LogP contribution is -2.40. The van der Waals surface area contributed by atoms with Gasteiger partial charge in [-0.25, -0.2) is 4.39 Å². The molecule has 0 aliphatic heterocycles. The third-order valence-electron chi connectivity index (χ3n) is 3.82. The topological polar surface area (TPSA) is 58.2 Å². The molecule has 0 unspecified atom stereocenters. The van der Waals surface area contributed by atoms with Gasteiger partial charge >= 0.3 is 0 Å². The van der Waals surface area contributed by atoms with E-state index in [4.69, 9.17) is 0 Å². The van der Waals surface area contributed by atoms with Crippen molar-refractivity contribution < 1.29 is 14.0 Å². The molecule has 0 heterocycles. The van der Waals surface area contributed by atoms with Crippen LogP contribution in [0.25, 0.3) is 0 Å². The Balaban J connectivity index is 1.83. The summed E-state index contributed by atoms with van der Waals surface area (Å²) in [7, 11) is 0. The van der Waals surface area contributed by atoms with Gasteiger partial charge in [0.15, 0.2) is 0 Å². The Morgan fingerprint density at radius 1 is 1.14 bits per heavy atom. The second-order valence-corrected chi connectivity index (χ2v) is 5.79. The van der Waals surface area contributed by atoms with Gasteiger partial charge in [-0.3, -0.25) is 9.59 Å². The number of hydrogen-bond donors (Lipinski definition) is 2. The summed E-state index contributed by atoms with van der Waals surface area (Å²) in [6.07, 6.45) is 1.56. The fourth-order valence-corrected chi connectivity index (χ4v) is 2.28. The predicted molar refractivity (Wildman–Crippen MR) is 78.2 cm³/mol. The predicted octanol–water partition coefficient (Wildman–Crippen LogP) is 1.75. The van der Waals surface area contributed by atoms with Crippen LogP contribution in [0.15, 0.2) is 24.3 Å². The zero-order valence-corrected chi connectivity index (χ0v) is 12.4. The van der Waals surface area contributed by atoms with Crippen LogP contribution in [0.2, 0.25) is 0 Å². The normalized spacial score (nSPS) is 15.6. The number of amides is 2. The fourth-order valence-electron chi connectivity index (χ4n) is 2.28. The highest BCUT2D eigenvalue weighted by Gasteiger charge is 2.50. The third-order valence-corrected chi connectivity index (χ3v) is 3.82. The van der Waals surface area contributed by atoms with Crippen molar-refractivity contribution in [3.05, 3.63) is 35.6 Å². The van der Waals surface area contributed by atoms with E-state index in [-0.39, 0.29) is 23.5 Å². The minimum Gasteiger partial charge on any atom is -0.354 e. The van der Waals surface area contributed by atoms with E-state index in [1.807, 2.05) is 13.8 Å². The summed E-state index contributed by atoms with van der Waals surface area (Å²) in [5.41, 5.74) is 0.350. The van der Waals surface area contributed by atoms with Gasteiger partial charge < -0.3 is 10.6 Å².